The number of carbonyl (C=O) groups is 2. The molecule has 1 amide bonds. The van der Waals surface area contributed by atoms with Gasteiger partial charge in [-0.2, -0.15) is 0 Å². The van der Waals surface area contributed by atoms with Crippen LogP contribution < -0.4 is 4.74 Å². The van der Waals surface area contributed by atoms with Crippen molar-refractivity contribution in [3.63, 3.8) is 0 Å². The molecule has 0 atom stereocenters. The number of hydrogen-bond donors (Lipinski definition) is 0. The van der Waals surface area contributed by atoms with E-state index in [9.17, 15) is 9.59 Å². The van der Waals surface area contributed by atoms with Crippen LogP contribution >= 0.6 is 11.6 Å². The molecule has 0 aromatic heterocycles. The number of benzene rings is 1. The first-order valence-electron chi connectivity index (χ1n) is 8.03. The summed E-state index contributed by atoms with van der Waals surface area (Å²) in [5, 5.41) is 0.398. The van der Waals surface area contributed by atoms with Crippen molar-refractivity contribution in [2.75, 3.05) is 26.8 Å². The molecule has 1 aromatic carbocycles. The Labute approximate surface area is 148 Å². The van der Waals surface area contributed by atoms with Crippen molar-refractivity contribution in [1.29, 1.82) is 0 Å². The van der Waals surface area contributed by atoms with Gasteiger partial charge in [0.1, 0.15) is 11.3 Å². The molecule has 0 N–H and O–H groups in total. The van der Waals surface area contributed by atoms with Crippen LogP contribution in [0.3, 0.4) is 0 Å². The Morgan fingerprint density at radius 1 is 1.12 bits per heavy atom. The summed E-state index contributed by atoms with van der Waals surface area (Å²) in [6.45, 7) is 9.15. The van der Waals surface area contributed by atoms with E-state index >= 15 is 0 Å². The molecule has 134 valence electrons. The summed E-state index contributed by atoms with van der Waals surface area (Å²) in [6.07, 6.45) is 0. The highest BCUT2D eigenvalue weighted by Crippen LogP contribution is 2.23. The van der Waals surface area contributed by atoms with E-state index < -0.39 is 5.97 Å². The summed E-state index contributed by atoms with van der Waals surface area (Å²) < 4.78 is 10.3. The quantitative estimate of drug-likeness (QED) is 0.668. The van der Waals surface area contributed by atoms with E-state index in [4.69, 9.17) is 21.1 Å². The maximum atomic E-state index is 12.4. The molecule has 0 heterocycles. The predicted octanol–water partition coefficient (Wildman–Crippen LogP) is 3.65. The molecule has 0 fully saturated rings. The van der Waals surface area contributed by atoms with Crippen molar-refractivity contribution in [1.82, 2.24) is 4.90 Å². The van der Waals surface area contributed by atoms with Crippen LogP contribution in [0.5, 0.6) is 5.75 Å². The molecule has 0 bridgehead atoms. The Morgan fingerprint density at radius 3 is 2.21 bits per heavy atom. The molecule has 0 unspecified atom stereocenters. The molecule has 0 aliphatic rings. The molecule has 0 saturated carbocycles. The van der Waals surface area contributed by atoms with E-state index in [1.807, 2.05) is 27.7 Å². The molecular formula is C18H26ClNO4. The molecule has 1 aromatic rings. The Bertz CT molecular complexity index is 562. The SMILES string of the molecule is COc1ccc(Cl)cc1C(=O)OCC(=O)N(CC(C)C)CC(C)C. The van der Waals surface area contributed by atoms with Gasteiger partial charge in [0.05, 0.1) is 7.11 Å². The zero-order chi connectivity index (χ0) is 18.3. The zero-order valence-electron chi connectivity index (χ0n) is 15.0. The summed E-state index contributed by atoms with van der Waals surface area (Å²) in [5.74, 6) is 0.217. The van der Waals surface area contributed by atoms with Crippen LogP contribution in [-0.4, -0.2) is 43.6 Å². The monoisotopic (exact) mass is 355 g/mol. The first-order valence-corrected chi connectivity index (χ1v) is 8.40. The van der Waals surface area contributed by atoms with Gasteiger partial charge >= 0.3 is 5.97 Å². The number of rotatable bonds is 8. The second kappa shape index (κ2) is 9.52. The zero-order valence-corrected chi connectivity index (χ0v) is 15.7. The fourth-order valence-corrected chi connectivity index (χ4v) is 2.47. The first-order chi connectivity index (χ1) is 11.2. The van der Waals surface area contributed by atoms with Gasteiger partial charge in [0.15, 0.2) is 6.61 Å². The number of esters is 1. The van der Waals surface area contributed by atoms with Crippen LogP contribution in [0.2, 0.25) is 5.02 Å². The average Bonchev–Trinajstić information content (AvgIpc) is 2.50. The van der Waals surface area contributed by atoms with Crippen molar-refractivity contribution in [2.45, 2.75) is 27.7 Å². The van der Waals surface area contributed by atoms with Crippen LogP contribution in [0.1, 0.15) is 38.1 Å². The lowest BCUT2D eigenvalue weighted by Crippen LogP contribution is -2.39. The molecule has 0 aliphatic carbocycles. The van der Waals surface area contributed by atoms with Gasteiger partial charge in [-0.25, -0.2) is 4.79 Å². The van der Waals surface area contributed by atoms with Crippen molar-refractivity contribution in [3.8, 4) is 5.75 Å². The molecule has 1 rings (SSSR count). The van der Waals surface area contributed by atoms with Gasteiger partial charge in [-0.1, -0.05) is 39.3 Å². The number of methoxy groups -OCH3 is 1. The summed E-state index contributed by atoms with van der Waals surface area (Å²) in [6, 6.07) is 4.67. The second-order valence-electron chi connectivity index (χ2n) is 6.51. The highest BCUT2D eigenvalue weighted by molar-refractivity contribution is 6.31. The average molecular weight is 356 g/mol. The smallest absolute Gasteiger partial charge is 0.342 e. The maximum absolute atomic E-state index is 12.4. The van der Waals surface area contributed by atoms with Crippen LogP contribution in [0, 0.1) is 11.8 Å². The summed E-state index contributed by atoms with van der Waals surface area (Å²) in [5.41, 5.74) is 0.206. The Kier molecular flexibility index (Phi) is 8.05. The Morgan fingerprint density at radius 2 is 1.71 bits per heavy atom. The van der Waals surface area contributed by atoms with Crippen molar-refractivity contribution < 1.29 is 19.1 Å². The third-order valence-corrected chi connectivity index (χ3v) is 3.47. The summed E-state index contributed by atoms with van der Waals surface area (Å²) in [7, 11) is 1.46. The van der Waals surface area contributed by atoms with Gasteiger partial charge in [0, 0.05) is 18.1 Å². The first kappa shape index (κ1) is 20.3. The Hall–Kier alpha value is -1.75. The molecule has 24 heavy (non-hydrogen) atoms. The number of nitrogens with zero attached hydrogens (tertiary/aromatic N) is 1. The minimum atomic E-state index is -0.628. The third-order valence-electron chi connectivity index (χ3n) is 3.23. The van der Waals surface area contributed by atoms with Gasteiger partial charge in [0.2, 0.25) is 0 Å². The van der Waals surface area contributed by atoms with Crippen LogP contribution in [0.15, 0.2) is 18.2 Å². The van der Waals surface area contributed by atoms with Crippen LogP contribution in [0.25, 0.3) is 0 Å². The second-order valence-corrected chi connectivity index (χ2v) is 6.94. The van der Waals surface area contributed by atoms with Crippen LogP contribution in [-0.2, 0) is 9.53 Å². The van der Waals surface area contributed by atoms with E-state index in [1.54, 1.807) is 17.0 Å². The molecule has 0 radical (unpaired) electrons. The lowest BCUT2D eigenvalue weighted by molar-refractivity contribution is -0.135. The molecule has 0 saturated heterocycles. The molecule has 5 nitrogen and oxygen atoms in total. The van der Waals surface area contributed by atoms with Gasteiger partial charge in [-0.05, 0) is 30.0 Å². The van der Waals surface area contributed by atoms with Gasteiger partial charge in [0.25, 0.3) is 5.91 Å². The van der Waals surface area contributed by atoms with Crippen LogP contribution in [0.4, 0.5) is 0 Å². The van der Waals surface area contributed by atoms with E-state index in [2.05, 4.69) is 0 Å². The standard InChI is InChI=1S/C18H26ClNO4/c1-12(2)9-20(10-13(3)4)17(21)11-24-18(22)15-8-14(19)6-7-16(15)23-5/h6-8,12-13H,9-11H2,1-5H3. The van der Waals surface area contributed by atoms with Gasteiger partial charge in [-0.15, -0.1) is 0 Å². The molecular weight excluding hydrogens is 330 g/mol. The number of hydrogen-bond acceptors (Lipinski definition) is 4. The minimum Gasteiger partial charge on any atom is -0.496 e. The molecule has 0 spiro atoms. The highest BCUT2D eigenvalue weighted by Gasteiger charge is 2.20. The lowest BCUT2D eigenvalue weighted by atomic mass is 10.1. The van der Waals surface area contributed by atoms with E-state index in [-0.39, 0.29) is 18.1 Å². The summed E-state index contributed by atoms with van der Waals surface area (Å²) >= 11 is 5.91. The largest absolute Gasteiger partial charge is 0.496 e. The molecule has 0 aliphatic heterocycles. The van der Waals surface area contributed by atoms with Crippen molar-refractivity contribution in [3.05, 3.63) is 28.8 Å². The highest BCUT2D eigenvalue weighted by atomic mass is 35.5. The van der Waals surface area contributed by atoms with Gasteiger partial charge in [-0.3, -0.25) is 4.79 Å². The fourth-order valence-electron chi connectivity index (χ4n) is 2.30. The van der Waals surface area contributed by atoms with E-state index in [1.165, 1.54) is 13.2 Å². The third kappa shape index (κ3) is 6.40. The lowest BCUT2D eigenvalue weighted by Gasteiger charge is -2.26. The Balaban J connectivity index is 2.74. The van der Waals surface area contributed by atoms with Crippen molar-refractivity contribution in [2.24, 2.45) is 11.8 Å². The number of carbonyl (C=O) groups excluding carboxylic acids is 2. The van der Waals surface area contributed by atoms with E-state index in [0.717, 1.165) is 0 Å². The van der Waals surface area contributed by atoms with Crippen molar-refractivity contribution >= 4 is 23.5 Å². The number of halogens is 1. The number of amides is 1. The summed E-state index contributed by atoms with van der Waals surface area (Å²) in [4.78, 5) is 26.3. The fraction of sp³-hybridized carbons (Fsp3) is 0.556. The minimum absolute atomic E-state index is 0.202. The number of ether oxygens (including phenoxy) is 2. The topological polar surface area (TPSA) is 55.8 Å². The maximum Gasteiger partial charge on any atom is 0.342 e. The normalized spacial score (nSPS) is 10.8. The van der Waals surface area contributed by atoms with Gasteiger partial charge < -0.3 is 14.4 Å². The predicted molar refractivity (Wildman–Crippen MR) is 94.5 cm³/mol. The van der Waals surface area contributed by atoms with E-state index in [0.29, 0.717) is 35.7 Å². The molecule has 6 heteroatoms.